The molecule has 0 aliphatic heterocycles. The predicted octanol–water partition coefficient (Wildman–Crippen LogP) is 3.45. The Bertz CT molecular complexity index is 945. The van der Waals surface area contributed by atoms with Gasteiger partial charge in [-0.05, 0) is 66.6 Å². The molecule has 9 heteroatoms. The second kappa shape index (κ2) is 7.84. The van der Waals surface area contributed by atoms with E-state index in [1.807, 2.05) is 32.0 Å². The lowest BCUT2D eigenvalue weighted by molar-refractivity contribution is -0.115. The van der Waals surface area contributed by atoms with Crippen LogP contribution in [0.15, 0.2) is 41.7 Å². The number of nitrogens with one attached hydrogen (secondary N) is 1. The summed E-state index contributed by atoms with van der Waals surface area (Å²) in [6.07, 6.45) is 1.56. The van der Waals surface area contributed by atoms with E-state index in [4.69, 9.17) is 11.6 Å². The monoisotopic (exact) mass is 388 g/mol. The zero-order valence-corrected chi connectivity index (χ0v) is 16.0. The summed E-state index contributed by atoms with van der Waals surface area (Å²) in [5.74, 6) is -0.209. The van der Waals surface area contributed by atoms with Crippen molar-refractivity contribution >= 4 is 35.0 Å². The Kier molecular flexibility index (Phi) is 5.53. The lowest BCUT2D eigenvalue weighted by Crippen LogP contribution is -2.23. The number of thioether (sulfide) groups is 1. The van der Waals surface area contributed by atoms with Crippen LogP contribution in [0, 0.1) is 13.8 Å². The van der Waals surface area contributed by atoms with Crippen LogP contribution in [0.5, 0.6) is 0 Å². The highest BCUT2D eigenvalue weighted by Gasteiger charge is 2.20. The highest BCUT2D eigenvalue weighted by Crippen LogP contribution is 2.25. The maximum absolute atomic E-state index is 12.4. The number of anilines is 1. The van der Waals surface area contributed by atoms with Crippen molar-refractivity contribution in [1.82, 2.24) is 25.2 Å². The Balaban J connectivity index is 1.75. The molecule has 2 aromatic heterocycles. The van der Waals surface area contributed by atoms with E-state index in [1.165, 1.54) is 17.3 Å². The number of tetrazole rings is 1. The number of benzene rings is 1. The molecule has 0 saturated carbocycles. The molecule has 0 unspecified atom stereocenters. The summed E-state index contributed by atoms with van der Waals surface area (Å²) < 4.78 is 1.62. The average molecular weight is 389 g/mol. The molecule has 0 aliphatic rings. The number of carbonyl (C=O) groups is 1. The first kappa shape index (κ1) is 18.3. The standard InChI is InChI=1S/C17H17ClN6OS/c1-10-6-7-13(9-11(10)2)24-17(21-22-23-24)26-12(3)16(25)20-14-5-4-8-19-15(14)18/h4-9,12H,1-3H3,(H,20,25)/t12-/m0/s1. The Morgan fingerprint density at radius 2 is 2.08 bits per heavy atom. The first-order chi connectivity index (χ1) is 12.5. The van der Waals surface area contributed by atoms with Crippen molar-refractivity contribution in [3.05, 3.63) is 52.8 Å². The smallest absolute Gasteiger partial charge is 0.237 e. The Morgan fingerprint density at radius 3 is 2.81 bits per heavy atom. The second-order valence-corrected chi connectivity index (χ2v) is 7.40. The van der Waals surface area contributed by atoms with Crippen LogP contribution in [0.3, 0.4) is 0 Å². The number of aryl methyl sites for hydroxylation is 2. The normalized spacial score (nSPS) is 12.0. The number of rotatable bonds is 5. The molecule has 3 rings (SSSR count). The summed E-state index contributed by atoms with van der Waals surface area (Å²) in [5.41, 5.74) is 3.66. The van der Waals surface area contributed by atoms with Crippen molar-refractivity contribution < 1.29 is 4.79 Å². The van der Waals surface area contributed by atoms with Crippen molar-refractivity contribution in [1.29, 1.82) is 0 Å². The summed E-state index contributed by atoms with van der Waals surface area (Å²) in [5, 5.41) is 14.9. The molecule has 134 valence electrons. The minimum atomic E-state index is -0.428. The fourth-order valence-electron chi connectivity index (χ4n) is 2.20. The second-order valence-electron chi connectivity index (χ2n) is 5.73. The number of hydrogen-bond acceptors (Lipinski definition) is 6. The molecule has 0 fully saturated rings. The van der Waals surface area contributed by atoms with E-state index in [9.17, 15) is 4.79 Å². The maximum Gasteiger partial charge on any atom is 0.237 e. The van der Waals surface area contributed by atoms with E-state index in [1.54, 1.807) is 29.9 Å². The van der Waals surface area contributed by atoms with Crippen LogP contribution in [0.2, 0.25) is 5.15 Å². The molecule has 1 amide bonds. The third kappa shape index (κ3) is 4.03. The van der Waals surface area contributed by atoms with Crippen molar-refractivity contribution in [2.75, 3.05) is 5.32 Å². The van der Waals surface area contributed by atoms with E-state index in [0.717, 1.165) is 11.3 Å². The molecule has 1 aromatic carbocycles. The summed E-state index contributed by atoms with van der Waals surface area (Å²) in [6.45, 7) is 5.86. The van der Waals surface area contributed by atoms with Gasteiger partial charge in [-0.3, -0.25) is 4.79 Å². The zero-order chi connectivity index (χ0) is 18.7. The average Bonchev–Trinajstić information content (AvgIpc) is 3.07. The van der Waals surface area contributed by atoms with Gasteiger partial charge in [-0.1, -0.05) is 29.4 Å². The van der Waals surface area contributed by atoms with Gasteiger partial charge in [0, 0.05) is 6.20 Å². The summed E-state index contributed by atoms with van der Waals surface area (Å²) >= 11 is 7.25. The Hall–Kier alpha value is -2.45. The molecule has 0 spiro atoms. The largest absolute Gasteiger partial charge is 0.322 e. The lowest BCUT2D eigenvalue weighted by atomic mass is 10.1. The number of carbonyl (C=O) groups excluding carboxylic acids is 1. The lowest BCUT2D eigenvalue weighted by Gasteiger charge is -2.12. The SMILES string of the molecule is Cc1ccc(-n2nnnc2S[C@@H](C)C(=O)Nc2cccnc2Cl)cc1C. The van der Waals surface area contributed by atoms with Crippen molar-refractivity contribution in [3.8, 4) is 5.69 Å². The predicted molar refractivity (Wildman–Crippen MR) is 102 cm³/mol. The van der Waals surface area contributed by atoms with Gasteiger partial charge in [0.15, 0.2) is 5.15 Å². The molecule has 7 nitrogen and oxygen atoms in total. The van der Waals surface area contributed by atoms with E-state index in [2.05, 4.69) is 25.8 Å². The fraction of sp³-hybridized carbons (Fsp3) is 0.235. The van der Waals surface area contributed by atoms with Crippen LogP contribution in [0.1, 0.15) is 18.1 Å². The van der Waals surface area contributed by atoms with Crippen molar-refractivity contribution in [2.24, 2.45) is 0 Å². The number of nitrogens with zero attached hydrogens (tertiary/aromatic N) is 5. The minimum Gasteiger partial charge on any atom is -0.322 e. The van der Waals surface area contributed by atoms with Gasteiger partial charge in [-0.25, -0.2) is 4.98 Å². The van der Waals surface area contributed by atoms with Crippen LogP contribution in [-0.4, -0.2) is 36.3 Å². The Labute approximate surface area is 160 Å². The van der Waals surface area contributed by atoms with E-state index in [-0.39, 0.29) is 11.1 Å². The molecule has 0 radical (unpaired) electrons. The number of amides is 1. The number of halogens is 1. The molecule has 0 saturated heterocycles. The zero-order valence-electron chi connectivity index (χ0n) is 14.5. The van der Waals surface area contributed by atoms with Crippen LogP contribution >= 0.6 is 23.4 Å². The van der Waals surface area contributed by atoms with Gasteiger partial charge in [-0.2, -0.15) is 4.68 Å². The van der Waals surface area contributed by atoms with Gasteiger partial charge >= 0.3 is 0 Å². The number of pyridine rings is 1. The first-order valence-electron chi connectivity index (χ1n) is 7.89. The van der Waals surface area contributed by atoms with Gasteiger partial charge in [0.05, 0.1) is 16.6 Å². The number of aromatic nitrogens is 5. The molecule has 3 aromatic rings. The maximum atomic E-state index is 12.4. The highest BCUT2D eigenvalue weighted by atomic mass is 35.5. The fourth-order valence-corrected chi connectivity index (χ4v) is 3.17. The van der Waals surface area contributed by atoms with E-state index in [0.29, 0.717) is 10.8 Å². The van der Waals surface area contributed by atoms with Gasteiger partial charge in [-0.15, -0.1) is 5.10 Å². The molecule has 0 aliphatic carbocycles. The molecule has 2 heterocycles. The van der Waals surface area contributed by atoms with E-state index < -0.39 is 5.25 Å². The molecule has 26 heavy (non-hydrogen) atoms. The van der Waals surface area contributed by atoms with Gasteiger partial charge in [0.1, 0.15) is 0 Å². The minimum absolute atomic E-state index is 0.209. The van der Waals surface area contributed by atoms with Crippen molar-refractivity contribution in [3.63, 3.8) is 0 Å². The van der Waals surface area contributed by atoms with Crippen LogP contribution in [-0.2, 0) is 4.79 Å². The van der Waals surface area contributed by atoms with Gasteiger partial charge < -0.3 is 5.32 Å². The molecule has 1 N–H and O–H groups in total. The van der Waals surface area contributed by atoms with Crippen LogP contribution in [0.4, 0.5) is 5.69 Å². The molecule has 0 bridgehead atoms. The van der Waals surface area contributed by atoms with Gasteiger partial charge in [0.25, 0.3) is 0 Å². The summed E-state index contributed by atoms with van der Waals surface area (Å²) in [7, 11) is 0. The van der Waals surface area contributed by atoms with Gasteiger partial charge in [0.2, 0.25) is 11.1 Å². The highest BCUT2D eigenvalue weighted by molar-refractivity contribution is 8.00. The molecule has 1 atom stereocenters. The first-order valence-corrected chi connectivity index (χ1v) is 9.15. The topological polar surface area (TPSA) is 85.6 Å². The van der Waals surface area contributed by atoms with E-state index >= 15 is 0 Å². The van der Waals surface area contributed by atoms with Crippen LogP contribution in [0.25, 0.3) is 5.69 Å². The Morgan fingerprint density at radius 1 is 1.27 bits per heavy atom. The quantitative estimate of drug-likeness (QED) is 0.532. The van der Waals surface area contributed by atoms with Crippen LogP contribution < -0.4 is 5.32 Å². The van der Waals surface area contributed by atoms with Crippen molar-refractivity contribution in [2.45, 2.75) is 31.2 Å². The third-order valence-corrected chi connectivity index (χ3v) is 5.18. The molecular formula is C17H17ClN6OS. The third-order valence-electron chi connectivity index (χ3n) is 3.84. The summed E-state index contributed by atoms with van der Waals surface area (Å²) in [6, 6.07) is 9.38. The number of hydrogen-bond donors (Lipinski definition) is 1. The molecular weight excluding hydrogens is 372 g/mol. The summed E-state index contributed by atoms with van der Waals surface area (Å²) in [4.78, 5) is 16.4.